The first kappa shape index (κ1) is 28.9. The van der Waals surface area contributed by atoms with E-state index in [2.05, 4.69) is 163 Å². The predicted octanol–water partition coefficient (Wildman–Crippen LogP) is 13.5. The van der Waals surface area contributed by atoms with Crippen LogP contribution in [-0.2, 0) is 0 Å². The summed E-state index contributed by atoms with van der Waals surface area (Å²) in [7, 11) is 0. The van der Waals surface area contributed by atoms with Crippen LogP contribution in [0.2, 0.25) is 0 Å². The molecule has 0 N–H and O–H groups in total. The molecule has 0 bridgehead atoms. The summed E-state index contributed by atoms with van der Waals surface area (Å²) in [5.41, 5.74) is 9.05. The van der Waals surface area contributed by atoms with E-state index in [0.29, 0.717) is 0 Å². The lowest BCUT2D eigenvalue weighted by molar-refractivity contribution is 1.37. The molecule has 0 unspecified atom stereocenters. The minimum absolute atomic E-state index is 0.936. The Morgan fingerprint density at radius 2 is 0.692 bits per heavy atom. The highest BCUT2D eigenvalue weighted by atomic mass is 14.7. The Labute approximate surface area is 300 Å². The number of nitrogens with zero attached hydrogens (tertiary/aromatic N) is 2. The zero-order valence-electron chi connectivity index (χ0n) is 28.2. The van der Waals surface area contributed by atoms with E-state index in [4.69, 9.17) is 4.98 Å². The van der Waals surface area contributed by atoms with Gasteiger partial charge in [0.1, 0.15) is 0 Å². The summed E-state index contributed by atoms with van der Waals surface area (Å²) >= 11 is 0. The van der Waals surface area contributed by atoms with Crippen LogP contribution in [0.3, 0.4) is 0 Å². The normalized spacial score (nSPS) is 11.8. The van der Waals surface area contributed by atoms with Crippen molar-refractivity contribution in [2.24, 2.45) is 0 Å². The molecule has 0 atom stereocenters. The van der Waals surface area contributed by atoms with Crippen molar-refractivity contribution in [2.45, 2.75) is 0 Å². The molecule has 52 heavy (non-hydrogen) atoms. The molecule has 0 radical (unpaired) electrons. The molecule has 0 aliphatic carbocycles. The Morgan fingerprint density at radius 1 is 0.269 bits per heavy atom. The molecule has 2 heteroatoms. The van der Waals surface area contributed by atoms with Gasteiger partial charge in [0.05, 0.1) is 11.0 Å². The van der Waals surface area contributed by atoms with Crippen molar-refractivity contribution in [1.29, 1.82) is 0 Å². The monoisotopic (exact) mass is 658 g/mol. The van der Waals surface area contributed by atoms with Gasteiger partial charge in [-0.1, -0.05) is 146 Å². The quantitative estimate of drug-likeness (QED) is 0.177. The molecule has 9 aromatic carbocycles. The summed E-state index contributed by atoms with van der Waals surface area (Å²) in [5, 5.41) is 15.1. The van der Waals surface area contributed by atoms with E-state index in [0.717, 1.165) is 21.8 Å². The minimum Gasteiger partial charge on any atom is -0.254 e. The lowest BCUT2D eigenvalue weighted by atomic mass is 9.87. The topological polar surface area (TPSA) is 25.8 Å². The maximum absolute atomic E-state index is 4.71. The molecule has 2 heterocycles. The Morgan fingerprint density at radius 3 is 1.35 bits per heavy atom. The lowest BCUT2D eigenvalue weighted by Crippen LogP contribution is -1.89. The fourth-order valence-electron chi connectivity index (χ4n) is 8.54. The van der Waals surface area contributed by atoms with Crippen molar-refractivity contribution in [3.8, 4) is 33.4 Å². The van der Waals surface area contributed by atoms with Crippen LogP contribution in [0.5, 0.6) is 0 Å². The zero-order valence-corrected chi connectivity index (χ0v) is 28.2. The first-order valence-electron chi connectivity index (χ1n) is 17.8. The van der Waals surface area contributed by atoms with Crippen molar-refractivity contribution < 1.29 is 0 Å². The van der Waals surface area contributed by atoms with Gasteiger partial charge in [-0.2, -0.15) is 0 Å². The van der Waals surface area contributed by atoms with Gasteiger partial charge in [0.25, 0.3) is 0 Å². The van der Waals surface area contributed by atoms with Gasteiger partial charge in [0.15, 0.2) is 0 Å². The van der Waals surface area contributed by atoms with Crippen LogP contribution in [0.1, 0.15) is 0 Å². The van der Waals surface area contributed by atoms with Gasteiger partial charge >= 0.3 is 0 Å². The summed E-state index contributed by atoms with van der Waals surface area (Å²) in [6, 6.07) is 62.2. The SMILES string of the molecule is c1cnc2c(c1)cc(-c1ccc(-c3ccc(-c4cc5cccc6c7ccccc7c7ccccc7c7cccc4c7c56)cc3)cc1)c1cccnc12. The number of pyridine rings is 2. The second-order valence-electron chi connectivity index (χ2n) is 13.7. The van der Waals surface area contributed by atoms with Gasteiger partial charge in [-0.3, -0.25) is 9.97 Å². The van der Waals surface area contributed by atoms with E-state index in [1.807, 2.05) is 24.5 Å². The number of fused-ring (bicyclic) bond motifs is 8. The van der Waals surface area contributed by atoms with Crippen molar-refractivity contribution in [2.75, 3.05) is 0 Å². The standard InChI is InChI=1S/C50H30N2/c1-3-13-39-37(11-1)38-12-2-4-14-40(38)42-16-6-17-43-45(29-35-9-5-15-41(39)47(35)48(42)43)33-23-19-31(20-24-33)32-21-25-34(26-22-32)46-30-36-10-7-27-51-49(36)50-44(46)18-8-28-52-50/h1-30H. The predicted molar refractivity (Wildman–Crippen MR) is 221 cm³/mol. The van der Waals surface area contributed by atoms with Gasteiger partial charge in [-0.25, -0.2) is 0 Å². The summed E-state index contributed by atoms with van der Waals surface area (Å²) in [4.78, 5) is 9.34. The third kappa shape index (κ3) is 4.31. The van der Waals surface area contributed by atoms with E-state index >= 15 is 0 Å². The average Bonchev–Trinajstić information content (AvgIpc) is 3.22. The third-order valence-corrected chi connectivity index (χ3v) is 10.9. The maximum Gasteiger partial charge on any atom is 0.0970 e. The van der Waals surface area contributed by atoms with Gasteiger partial charge in [-0.15, -0.1) is 0 Å². The Hall–Kier alpha value is -6.90. The van der Waals surface area contributed by atoms with E-state index in [1.54, 1.807) is 0 Å². The second kappa shape index (κ2) is 11.3. The zero-order chi connectivity index (χ0) is 34.2. The average molecular weight is 659 g/mol. The molecule has 2 aromatic heterocycles. The molecule has 240 valence electrons. The first-order valence-corrected chi connectivity index (χ1v) is 17.8. The van der Waals surface area contributed by atoms with Crippen LogP contribution in [0, 0.1) is 0 Å². The van der Waals surface area contributed by atoms with Crippen LogP contribution in [0.25, 0.3) is 109 Å². The molecule has 11 aromatic rings. The Kier molecular flexibility index (Phi) is 6.28. The van der Waals surface area contributed by atoms with Crippen LogP contribution in [0.4, 0.5) is 0 Å². The molecule has 0 aliphatic heterocycles. The van der Waals surface area contributed by atoms with Crippen LogP contribution in [0.15, 0.2) is 182 Å². The molecule has 0 spiro atoms. The molecule has 0 fully saturated rings. The van der Waals surface area contributed by atoms with Crippen molar-refractivity contribution >= 4 is 75.7 Å². The highest BCUT2D eigenvalue weighted by Gasteiger charge is 2.16. The highest BCUT2D eigenvalue weighted by molar-refractivity contribution is 6.34. The van der Waals surface area contributed by atoms with Crippen molar-refractivity contribution in [3.05, 3.63) is 182 Å². The first-order chi connectivity index (χ1) is 25.8. The van der Waals surface area contributed by atoms with Crippen LogP contribution >= 0.6 is 0 Å². The fourth-order valence-corrected chi connectivity index (χ4v) is 8.54. The Bertz CT molecular complexity index is 3210. The molecule has 0 saturated carbocycles. The van der Waals surface area contributed by atoms with Crippen molar-refractivity contribution in [3.63, 3.8) is 0 Å². The summed E-state index contributed by atoms with van der Waals surface area (Å²) in [6.45, 7) is 0. The molecule has 0 aliphatic rings. The van der Waals surface area contributed by atoms with Crippen LogP contribution < -0.4 is 0 Å². The number of rotatable bonds is 3. The summed E-state index contributed by atoms with van der Waals surface area (Å²) in [6.07, 6.45) is 3.68. The lowest BCUT2D eigenvalue weighted by Gasteiger charge is -2.17. The highest BCUT2D eigenvalue weighted by Crippen LogP contribution is 2.44. The van der Waals surface area contributed by atoms with Crippen LogP contribution in [-0.4, -0.2) is 9.97 Å². The van der Waals surface area contributed by atoms with Gasteiger partial charge in [0, 0.05) is 23.2 Å². The molecule has 2 nitrogen and oxygen atoms in total. The number of aromatic nitrogens is 2. The number of hydrogen-bond donors (Lipinski definition) is 0. The van der Waals surface area contributed by atoms with Gasteiger partial charge in [-0.05, 0) is 112 Å². The molecule has 11 rings (SSSR count). The summed E-state index contributed by atoms with van der Waals surface area (Å²) in [5.74, 6) is 0. The third-order valence-electron chi connectivity index (χ3n) is 10.9. The maximum atomic E-state index is 4.71. The van der Waals surface area contributed by atoms with Gasteiger partial charge in [0.2, 0.25) is 0 Å². The number of hydrogen-bond acceptors (Lipinski definition) is 2. The molecular formula is C50H30N2. The fraction of sp³-hybridized carbons (Fsp3) is 0. The minimum atomic E-state index is 0.936. The molecule has 0 saturated heterocycles. The molecular weight excluding hydrogens is 629 g/mol. The van der Waals surface area contributed by atoms with Gasteiger partial charge < -0.3 is 0 Å². The van der Waals surface area contributed by atoms with E-state index in [1.165, 1.54) is 87.2 Å². The smallest absolute Gasteiger partial charge is 0.0970 e. The van der Waals surface area contributed by atoms with E-state index in [-0.39, 0.29) is 0 Å². The number of benzene rings is 8. The molecule has 0 amide bonds. The van der Waals surface area contributed by atoms with E-state index < -0.39 is 0 Å². The Balaban J connectivity index is 1.05. The van der Waals surface area contributed by atoms with E-state index in [9.17, 15) is 0 Å². The summed E-state index contributed by atoms with van der Waals surface area (Å²) < 4.78 is 0. The largest absolute Gasteiger partial charge is 0.254 e. The van der Waals surface area contributed by atoms with Crippen molar-refractivity contribution in [1.82, 2.24) is 9.97 Å². The second-order valence-corrected chi connectivity index (χ2v) is 13.7.